The summed E-state index contributed by atoms with van der Waals surface area (Å²) >= 11 is 6.17. The van der Waals surface area contributed by atoms with Crippen molar-refractivity contribution < 1.29 is 14.5 Å². The minimum Gasteiger partial charge on any atom is -0.461 e. The van der Waals surface area contributed by atoms with Crippen LogP contribution in [0, 0.1) is 10.1 Å². The number of carbonyl (C=O) groups excluding carboxylic acids is 1. The lowest BCUT2D eigenvalue weighted by atomic mass is 9.81. The molecule has 2 aromatic carbocycles. The number of esters is 1. The molecule has 1 saturated carbocycles. The lowest BCUT2D eigenvalue weighted by Gasteiger charge is -2.32. The average molecular weight is 388 g/mol. The molecule has 6 heteroatoms. The van der Waals surface area contributed by atoms with E-state index in [2.05, 4.69) is 12.1 Å². The van der Waals surface area contributed by atoms with Crippen molar-refractivity contribution in [2.24, 2.45) is 0 Å². The molecule has 142 valence electrons. The number of nitrogens with zero attached hydrogens (tertiary/aromatic N) is 1. The molecule has 0 bridgehead atoms. The first kappa shape index (κ1) is 19.4. The summed E-state index contributed by atoms with van der Waals surface area (Å²) in [7, 11) is 0. The number of ether oxygens (including phenoxy) is 1. The molecule has 1 aliphatic rings. The van der Waals surface area contributed by atoms with Gasteiger partial charge in [-0.15, -0.1) is 0 Å². The molecule has 0 amide bonds. The molecule has 0 aliphatic heterocycles. The van der Waals surface area contributed by atoms with E-state index in [4.69, 9.17) is 16.3 Å². The molecule has 0 heterocycles. The van der Waals surface area contributed by atoms with E-state index < -0.39 is 10.8 Å². The van der Waals surface area contributed by atoms with Crippen LogP contribution < -0.4 is 0 Å². The van der Waals surface area contributed by atoms with Crippen LogP contribution in [0.4, 0.5) is 5.69 Å². The third-order valence-corrected chi connectivity index (χ3v) is 5.54. The molecule has 27 heavy (non-hydrogen) atoms. The van der Waals surface area contributed by atoms with Crippen molar-refractivity contribution >= 4 is 23.3 Å². The summed E-state index contributed by atoms with van der Waals surface area (Å²) in [5.74, 6) is -0.737. The lowest BCUT2D eigenvalue weighted by Crippen LogP contribution is -2.30. The Balaban J connectivity index is 1.74. The molecule has 1 fully saturated rings. The largest absolute Gasteiger partial charge is 0.461 e. The fraction of sp³-hybridized carbons (Fsp3) is 0.381. The minimum absolute atomic E-state index is 0.0965. The summed E-state index contributed by atoms with van der Waals surface area (Å²) in [6.07, 6.45) is 3.83. The van der Waals surface area contributed by atoms with E-state index in [1.54, 1.807) is 6.92 Å². The molecule has 3 rings (SSSR count). The zero-order valence-corrected chi connectivity index (χ0v) is 15.9. The molecular formula is C21H22ClNO4. The van der Waals surface area contributed by atoms with Crippen LogP contribution in [0.2, 0.25) is 5.02 Å². The van der Waals surface area contributed by atoms with E-state index in [-0.39, 0.29) is 28.7 Å². The van der Waals surface area contributed by atoms with Crippen LogP contribution in [-0.2, 0) is 9.53 Å². The maximum atomic E-state index is 12.7. The third kappa shape index (κ3) is 4.48. The minimum atomic E-state index is -0.586. The maximum Gasteiger partial charge on any atom is 0.313 e. The Morgan fingerprint density at radius 2 is 1.89 bits per heavy atom. The second-order valence-corrected chi connectivity index (χ2v) is 7.37. The Hall–Kier alpha value is -2.40. The van der Waals surface area contributed by atoms with Gasteiger partial charge < -0.3 is 4.74 Å². The van der Waals surface area contributed by atoms with Crippen LogP contribution in [0.1, 0.15) is 55.6 Å². The van der Waals surface area contributed by atoms with E-state index in [0.717, 1.165) is 25.7 Å². The summed E-state index contributed by atoms with van der Waals surface area (Å²) in [5, 5.41) is 11.1. The highest BCUT2D eigenvalue weighted by Gasteiger charge is 2.31. The number of benzene rings is 2. The lowest BCUT2D eigenvalue weighted by molar-refractivity contribution is -0.384. The number of rotatable bonds is 5. The van der Waals surface area contributed by atoms with Crippen molar-refractivity contribution in [3.05, 3.63) is 74.8 Å². The Labute approximate surface area is 163 Å². The van der Waals surface area contributed by atoms with Gasteiger partial charge in [-0.3, -0.25) is 14.9 Å². The highest BCUT2D eigenvalue weighted by atomic mass is 35.5. The Morgan fingerprint density at radius 3 is 2.56 bits per heavy atom. The number of non-ortho nitro benzene ring substituents is 1. The first-order valence-corrected chi connectivity index (χ1v) is 9.54. The van der Waals surface area contributed by atoms with Crippen LogP contribution in [0.5, 0.6) is 0 Å². The van der Waals surface area contributed by atoms with Gasteiger partial charge in [0.25, 0.3) is 5.69 Å². The van der Waals surface area contributed by atoms with E-state index in [9.17, 15) is 14.9 Å². The Morgan fingerprint density at radius 1 is 1.19 bits per heavy atom. The van der Waals surface area contributed by atoms with E-state index in [0.29, 0.717) is 5.56 Å². The number of hydrogen-bond donors (Lipinski definition) is 0. The van der Waals surface area contributed by atoms with Gasteiger partial charge in [-0.1, -0.05) is 48.4 Å². The van der Waals surface area contributed by atoms with Crippen molar-refractivity contribution in [3.63, 3.8) is 0 Å². The van der Waals surface area contributed by atoms with Gasteiger partial charge in [-0.05, 0) is 43.4 Å². The van der Waals surface area contributed by atoms with Crippen LogP contribution in [0.3, 0.4) is 0 Å². The summed E-state index contributed by atoms with van der Waals surface area (Å²) < 4.78 is 5.88. The fourth-order valence-electron chi connectivity index (χ4n) is 3.68. The van der Waals surface area contributed by atoms with Gasteiger partial charge in [0.1, 0.15) is 6.10 Å². The van der Waals surface area contributed by atoms with Crippen molar-refractivity contribution in [2.45, 2.75) is 50.5 Å². The number of nitro groups is 1. The number of carbonyl (C=O) groups is 1. The smallest absolute Gasteiger partial charge is 0.313 e. The summed E-state index contributed by atoms with van der Waals surface area (Å²) in [5.41, 5.74) is 1.64. The van der Waals surface area contributed by atoms with Crippen LogP contribution in [0.25, 0.3) is 0 Å². The number of nitro benzene ring substituents is 1. The standard InChI is InChI=1S/C21H22ClNO4/c1-14(17-12-11-16(23(25)26)13-19(17)22)21(24)27-20-10-6-5-9-18(20)15-7-3-2-4-8-15/h2-4,7-8,11-14,18,20H,5-6,9-10H2,1H3/t14-,18-,20+/m0/s1. The van der Waals surface area contributed by atoms with Gasteiger partial charge in [0.05, 0.1) is 15.9 Å². The van der Waals surface area contributed by atoms with Crippen molar-refractivity contribution in [1.82, 2.24) is 0 Å². The normalized spacial score (nSPS) is 20.7. The first-order valence-electron chi connectivity index (χ1n) is 9.16. The van der Waals surface area contributed by atoms with Crippen LogP contribution >= 0.6 is 11.6 Å². The van der Waals surface area contributed by atoms with Crippen LogP contribution in [0.15, 0.2) is 48.5 Å². The second-order valence-electron chi connectivity index (χ2n) is 6.96. The SMILES string of the molecule is C[C@H](C(=O)O[C@@H]1CCCC[C@H]1c1ccccc1)c1ccc([N+](=O)[O-])cc1Cl. The molecule has 0 unspecified atom stereocenters. The third-order valence-electron chi connectivity index (χ3n) is 5.21. The maximum absolute atomic E-state index is 12.7. The highest BCUT2D eigenvalue weighted by molar-refractivity contribution is 6.31. The summed E-state index contributed by atoms with van der Waals surface area (Å²) in [4.78, 5) is 23.1. The predicted molar refractivity (Wildman–Crippen MR) is 104 cm³/mol. The Bertz CT molecular complexity index is 824. The number of hydrogen-bond acceptors (Lipinski definition) is 4. The second kappa shape index (κ2) is 8.53. The van der Waals surface area contributed by atoms with Gasteiger partial charge >= 0.3 is 5.97 Å². The van der Waals surface area contributed by atoms with Gasteiger partial charge in [0.15, 0.2) is 0 Å². The fourth-order valence-corrected chi connectivity index (χ4v) is 4.02. The first-order chi connectivity index (χ1) is 13.0. The molecule has 0 saturated heterocycles. The molecule has 0 radical (unpaired) electrons. The molecule has 0 N–H and O–H groups in total. The topological polar surface area (TPSA) is 69.4 Å². The van der Waals surface area contributed by atoms with Crippen molar-refractivity contribution in [1.29, 1.82) is 0 Å². The zero-order chi connectivity index (χ0) is 19.4. The zero-order valence-electron chi connectivity index (χ0n) is 15.1. The monoisotopic (exact) mass is 387 g/mol. The Kier molecular flexibility index (Phi) is 6.11. The van der Waals surface area contributed by atoms with Crippen molar-refractivity contribution in [3.8, 4) is 0 Å². The van der Waals surface area contributed by atoms with E-state index in [1.165, 1.54) is 23.8 Å². The molecule has 2 aromatic rings. The molecule has 0 aromatic heterocycles. The molecule has 5 nitrogen and oxygen atoms in total. The average Bonchev–Trinajstić information content (AvgIpc) is 2.68. The van der Waals surface area contributed by atoms with Crippen LogP contribution in [-0.4, -0.2) is 17.0 Å². The molecule has 0 spiro atoms. The van der Waals surface area contributed by atoms with Gasteiger partial charge in [0, 0.05) is 18.1 Å². The molecular weight excluding hydrogens is 366 g/mol. The number of halogens is 1. The molecule has 3 atom stereocenters. The van der Waals surface area contributed by atoms with Gasteiger partial charge in [-0.2, -0.15) is 0 Å². The summed E-state index contributed by atoms with van der Waals surface area (Å²) in [6, 6.07) is 14.3. The van der Waals surface area contributed by atoms with Gasteiger partial charge in [0.2, 0.25) is 0 Å². The van der Waals surface area contributed by atoms with E-state index >= 15 is 0 Å². The predicted octanol–water partition coefficient (Wildman–Crippen LogP) is 5.62. The highest BCUT2D eigenvalue weighted by Crippen LogP contribution is 2.36. The van der Waals surface area contributed by atoms with Crippen molar-refractivity contribution in [2.75, 3.05) is 0 Å². The van der Waals surface area contributed by atoms with E-state index in [1.807, 2.05) is 18.2 Å². The van der Waals surface area contributed by atoms with Gasteiger partial charge in [-0.25, -0.2) is 0 Å². The quantitative estimate of drug-likeness (QED) is 0.379. The summed E-state index contributed by atoms with van der Waals surface area (Å²) in [6.45, 7) is 1.72. The molecule has 1 aliphatic carbocycles.